The second-order valence-electron chi connectivity index (χ2n) is 5.50. The van der Waals surface area contributed by atoms with Crippen molar-refractivity contribution in [3.05, 3.63) is 51.5 Å². The zero-order valence-corrected chi connectivity index (χ0v) is 14.5. The van der Waals surface area contributed by atoms with E-state index in [1.165, 1.54) is 16.9 Å². The smallest absolute Gasteiger partial charge is 0.265 e. The number of aromatic nitrogens is 1. The molecule has 0 bridgehead atoms. The van der Waals surface area contributed by atoms with Gasteiger partial charge in [0.25, 0.3) is 5.91 Å². The lowest BCUT2D eigenvalue weighted by Gasteiger charge is -2.19. The monoisotopic (exact) mass is 332 g/mol. The van der Waals surface area contributed by atoms with E-state index in [9.17, 15) is 4.79 Å². The molecule has 1 atom stereocenters. The van der Waals surface area contributed by atoms with Crippen molar-refractivity contribution in [1.29, 1.82) is 0 Å². The molecule has 3 rings (SSSR count). The highest BCUT2D eigenvalue weighted by Crippen LogP contribution is 2.34. The van der Waals surface area contributed by atoms with E-state index in [1.54, 1.807) is 0 Å². The summed E-state index contributed by atoms with van der Waals surface area (Å²) in [4.78, 5) is 19.9. The Morgan fingerprint density at radius 3 is 2.68 bits per heavy atom. The summed E-state index contributed by atoms with van der Waals surface area (Å²) in [5, 5.41) is 1.45. The van der Waals surface area contributed by atoms with Gasteiger partial charge in [-0.3, -0.25) is 4.79 Å². The van der Waals surface area contributed by atoms with E-state index in [1.807, 2.05) is 30.5 Å². The molecule has 1 aromatic heterocycles. The van der Waals surface area contributed by atoms with Crippen molar-refractivity contribution >= 4 is 29.0 Å². The van der Waals surface area contributed by atoms with Gasteiger partial charge >= 0.3 is 0 Å². The fraction of sp³-hybridized carbons (Fsp3) is 0.412. The number of hydrogen-bond acceptors (Lipinski definition) is 4. The zero-order valence-electron chi connectivity index (χ0n) is 12.9. The van der Waals surface area contributed by atoms with Crippen LogP contribution in [0.15, 0.2) is 30.3 Å². The third kappa shape index (κ3) is 3.36. The molecule has 1 amide bonds. The van der Waals surface area contributed by atoms with Crippen molar-refractivity contribution in [1.82, 2.24) is 9.88 Å². The topological polar surface area (TPSA) is 33.2 Å². The molecule has 3 nitrogen and oxygen atoms in total. The molecule has 1 aromatic carbocycles. The molecule has 116 valence electrons. The summed E-state index contributed by atoms with van der Waals surface area (Å²) in [5.74, 6) is 1.14. The van der Waals surface area contributed by atoms with Crippen molar-refractivity contribution in [2.75, 3.05) is 18.8 Å². The van der Waals surface area contributed by atoms with Gasteiger partial charge in [0, 0.05) is 24.1 Å². The summed E-state index contributed by atoms with van der Waals surface area (Å²) in [7, 11) is 0. The average molecular weight is 332 g/mol. The molecule has 0 radical (unpaired) electrons. The molecule has 0 N–H and O–H groups in total. The van der Waals surface area contributed by atoms with Crippen LogP contribution in [0.5, 0.6) is 0 Å². The maximum absolute atomic E-state index is 12.7. The quantitative estimate of drug-likeness (QED) is 0.831. The van der Waals surface area contributed by atoms with Crippen molar-refractivity contribution in [3.63, 3.8) is 0 Å². The van der Waals surface area contributed by atoms with E-state index < -0.39 is 0 Å². The Balaban J connectivity index is 1.70. The van der Waals surface area contributed by atoms with Crippen LogP contribution in [-0.4, -0.2) is 34.6 Å². The summed E-state index contributed by atoms with van der Waals surface area (Å²) >= 11 is 3.47. The van der Waals surface area contributed by atoms with Gasteiger partial charge in [0.15, 0.2) is 0 Å². The number of aryl methyl sites for hydroxylation is 2. The Morgan fingerprint density at radius 1 is 1.23 bits per heavy atom. The number of carbonyl (C=O) groups excluding carboxylic acids is 1. The van der Waals surface area contributed by atoms with Gasteiger partial charge in [0.1, 0.15) is 4.88 Å². The van der Waals surface area contributed by atoms with Crippen molar-refractivity contribution < 1.29 is 4.79 Å². The first-order valence-corrected chi connectivity index (χ1v) is 9.41. The van der Waals surface area contributed by atoms with Crippen LogP contribution in [0.3, 0.4) is 0 Å². The largest absolute Gasteiger partial charge is 0.337 e. The first-order valence-electron chi connectivity index (χ1n) is 7.55. The Morgan fingerprint density at radius 2 is 2.00 bits per heavy atom. The minimum Gasteiger partial charge on any atom is -0.337 e. The third-order valence-electron chi connectivity index (χ3n) is 3.90. The van der Waals surface area contributed by atoms with Gasteiger partial charge in [-0.25, -0.2) is 4.98 Å². The SMILES string of the molecule is Cc1nc(C)c(C(=O)N2CCSC(c3ccccc3)CC2)s1. The fourth-order valence-corrected chi connectivity index (χ4v) is 4.90. The molecule has 2 heterocycles. The van der Waals surface area contributed by atoms with Crippen LogP contribution in [0, 0.1) is 13.8 Å². The predicted molar refractivity (Wildman–Crippen MR) is 93.7 cm³/mol. The third-order valence-corrected chi connectivity index (χ3v) is 6.29. The van der Waals surface area contributed by atoms with Gasteiger partial charge < -0.3 is 4.90 Å². The Kier molecular flexibility index (Phi) is 4.84. The molecular formula is C17H20N2OS2. The second-order valence-corrected chi connectivity index (χ2v) is 8.01. The van der Waals surface area contributed by atoms with E-state index >= 15 is 0 Å². The van der Waals surface area contributed by atoms with E-state index in [4.69, 9.17) is 0 Å². The molecule has 1 fully saturated rings. The Bertz CT molecular complexity index is 654. The number of amides is 1. The Labute approximate surface area is 139 Å². The number of hydrogen-bond donors (Lipinski definition) is 0. The maximum atomic E-state index is 12.7. The minimum absolute atomic E-state index is 0.150. The number of carbonyl (C=O) groups is 1. The first-order chi connectivity index (χ1) is 10.6. The summed E-state index contributed by atoms with van der Waals surface area (Å²) < 4.78 is 0. The molecule has 5 heteroatoms. The summed E-state index contributed by atoms with van der Waals surface area (Å²) in [6, 6.07) is 10.6. The molecule has 1 aliphatic heterocycles. The van der Waals surface area contributed by atoms with Gasteiger partial charge in [-0.15, -0.1) is 11.3 Å². The molecule has 22 heavy (non-hydrogen) atoms. The average Bonchev–Trinajstić information content (AvgIpc) is 2.74. The molecular weight excluding hydrogens is 312 g/mol. The highest BCUT2D eigenvalue weighted by molar-refractivity contribution is 7.99. The maximum Gasteiger partial charge on any atom is 0.265 e. The van der Waals surface area contributed by atoms with Crippen LogP contribution < -0.4 is 0 Å². The van der Waals surface area contributed by atoms with Gasteiger partial charge in [0.05, 0.1) is 10.7 Å². The van der Waals surface area contributed by atoms with Crippen molar-refractivity contribution in [3.8, 4) is 0 Å². The number of rotatable bonds is 2. The summed E-state index contributed by atoms with van der Waals surface area (Å²) in [6.07, 6.45) is 1.01. The van der Waals surface area contributed by atoms with Crippen LogP contribution in [0.2, 0.25) is 0 Å². The first kappa shape index (κ1) is 15.6. The van der Waals surface area contributed by atoms with E-state index in [2.05, 4.69) is 35.3 Å². The van der Waals surface area contributed by atoms with Crippen molar-refractivity contribution in [2.45, 2.75) is 25.5 Å². The predicted octanol–water partition coefficient (Wildman–Crippen LogP) is 4.08. The van der Waals surface area contributed by atoms with Gasteiger partial charge in [-0.2, -0.15) is 11.8 Å². The molecule has 0 spiro atoms. The molecule has 1 saturated heterocycles. The molecule has 0 aliphatic carbocycles. The lowest BCUT2D eigenvalue weighted by atomic mass is 10.1. The van der Waals surface area contributed by atoms with Crippen LogP contribution in [-0.2, 0) is 0 Å². The summed E-state index contributed by atoms with van der Waals surface area (Å²) in [6.45, 7) is 5.53. The van der Waals surface area contributed by atoms with E-state index in [0.717, 1.165) is 40.8 Å². The zero-order chi connectivity index (χ0) is 15.5. The normalized spacial score (nSPS) is 19.0. The van der Waals surface area contributed by atoms with Gasteiger partial charge in [-0.05, 0) is 25.8 Å². The van der Waals surface area contributed by atoms with E-state index in [-0.39, 0.29) is 5.91 Å². The molecule has 2 aromatic rings. The standard InChI is InChI=1S/C17H20N2OS2/c1-12-16(22-13(2)18-12)17(20)19-9-8-15(21-11-10-19)14-6-4-3-5-7-14/h3-7,15H,8-11H2,1-2H3. The molecule has 1 unspecified atom stereocenters. The molecule has 0 saturated carbocycles. The molecule has 1 aliphatic rings. The lowest BCUT2D eigenvalue weighted by molar-refractivity contribution is 0.0770. The second kappa shape index (κ2) is 6.84. The van der Waals surface area contributed by atoms with Crippen molar-refractivity contribution in [2.24, 2.45) is 0 Å². The summed E-state index contributed by atoms with van der Waals surface area (Å²) in [5.41, 5.74) is 2.23. The number of benzene rings is 1. The lowest BCUT2D eigenvalue weighted by Crippen LogP contribution is -2.32. The van der Waals surface area contributed by atoms with Gasteiger partial charge in [-0.1, -0.05) is 30.3 Å². The highest BCUT2D eigenvalue weighted by Gasteiger charge is 2.25. The Hall–Kier alpha value is -1.33. The van der Waals surface area contributed by atoms with E-state index in [0.29, 0.717) is 5.25 Å². The fourth-order valence-electron chi connectivity index (χ4n) is 2.78. The number of thiazole rings is 1. The van der Waals surface area contributed by atoms with Crippen LogP contribution >= 0.6 is 23.1 Å². The minimum atomic E-state index is 0.150. The number of thioether (sulfide) groups is 1. The van der Waals surface area contributed by atoms with Crippen LogP contribution in [0.1, 0.15) is 37.6 Å². The van der Waals surface area contributed by atoms with Crippen LogP contribution in [0.4, 0.5) is 0 Å². The van der Waals surface area contributed by atoms with Crippen LogP contribution in [0.25, 0.3) is 0 Å². The number of nitrogens with zero attached hydrogens (tertiary/aromatic N) is 2. The highest BCUT2D eigenvalue weighted by atomic mass is 32.2. The van der Waals surface area contributed by atoms with Gasteiger partial charge in [0.2, 0.25) is 0 Å².